The Labute approximate surface area is 167 Å². The zero-order valence-electron chi connectivity index (χ0n) is 12.9. The highest BCUT2D eigenvalue weighted by Crippen LogP contribution is 2.50. The van der Waals surface area contributed by atoms with E-state index in [0.29, 0.717) is 0 Å². The lowest BCUT2D eigenvalue weighted by atomic mass is 9.96. The molecule has 0 unspecified atom stereocenters. The third kappa shape index (κ3) is 4.54. The topological polar surface area (TPSA) is 108 Å². The predicted octanol–water partition coefficient (Wildman–Crippen LogP) is 1.47. The van der Waals surface area contributed by atoms with Gasteiger partial charge in [-0.3, -0.25) is 10.1 Å². The number of amides is 2. The summed E-state index contributed by atoms with van der Waals surface area (Å²) in [6.07, 6.45) is -0.949. The van der Waals surface area contributed by atoms with Crippen LogP contribution in [0.4, 0.5) is 4.79 Å². The van der Waals surface area contributed by atoms with E-state index in [9.17, 15) is 19.5 Å². The Morgan fingerprint density at radius 2 is 2.04 bits per heavy atom. The van der Waals surface area contributed by atoms with Gasteiger partial charge in [0.2, 0.25) is 9.70 Å². The number of hydrogen-bond donors (Lipinski definition) is 3. The van der Waals surface area contributed by atoms with Gasteiger partial charge in [-0.15, -0.1) is 11.8 Å². The Kier molecular flexibility index (Phi) is 5.90. The van der Waals surface area contributed by atoms with Crippen LogP contribution in [0.2, 0.25) is 0 Å². The monoisotopic (exact) mass is 449 g/mol. The Morgan fingerprint density at radius 1 is 1.44 bits per heavy atom. The van der Waals surface area contributed by atoms with Crippen molar-refractivity contribution in [2.75, 3.05) is 6.61 Å². The minimum Gasteiger partial charge on any atom is -0.480 e. The Hall–Kier alpha value is -0.680. The minimum absolute atomic E-state index is 0.149. The molecule has 0 aromatic heterocycles. The lowest BCUT2D eigenvalue weighted by Gasteiger charge is -2.43. The number of thiocarbonyl (C=S) groups is 1. The van der Waals surface area contributed by atoms with Crippen LogP contribution in [0, 0.1) is 0 Å². The number of rotatable bonds is 3. The first-order chi connectivity index (χ1) is 11.3. The van der Waals surface area contributed by atoms with Crippen LogP contribution in [0.1, 0.15) is 13.8 Å². The number of aliphatic carboxylic acids is 1. The van der Waals surface area contributed by atoms with Crippen molar-refractivity contribution in [1.29, 1.82) is 0 Å². The number of fused-ring (bicyclic) bond motifs is 1. The standard InChI is InChI=1S/C12H14Cl3N3O5S2/c1-11(2)5(8(20)21)18-6(19)4(7(18)25-11)16-9(24)17-10(22)23-3-12(13,14)15/h4-5,7H,3H2,1-2H3,(H,20,21)(H2,16,17,22,24)/t4-,5+,7-/m1/s1. The van der Waals surface area contributed by atoms with E-state index in [1.165, 1.54) is 16.7 Å². The predicted molar refractivity (Wildman–Crippen MR) is 98.0 cm³/mol. The molecule has 140 valence electrons. The average molecular weight is 451 g/mol. The van der Waals surface area contributed by atoms with E-state index in [1.54, 1.807) is 13.8 Å². The molecule has 0 spiro atoms. The van der Waals surface area contributed by atoms with E-state index < -0.39 is 50.6 Å². The number of halogens is 3. The summed E-state index contributed by atoms with van der Waals surface area (Å²) in [7, 11) is 0. The molecule has 0 aromatic carbocycles. The average Bonchev–Trinajstić information content (AvgIpc) is 2.70. The van der Waals surface area contributed by atoms with Gasteiger partial charge in [0.1, 0.15) is 24.1 Å². The molecule has 2 amide bonds. The fourth-order valence-electron chi connectivity index (χ4n) is 2.60. The van der Waals surface area contributed by atoms with Gasteiger partial charge in [-0.2, -0.15) is 0 Å². The fourth-order valence-corrected chi connectivity index (χ4v) is 4.60. The van der Waals surface area contributed by atoms with Crippen LogP contribution in [0.5, 0.6) is 0 Å². The number of hydrogen-bond acceptors (Lipinski definition) is 6. The Bertz CT molecular complexity index is 628. The van der Waals surface area contributed by atoms with Gasteiger partial charge in [0, 0.05) is 4.75 Å². The van der Waals surface area contributed by atoms with Crippen LogP contribution in [0.15, 0.2) is 0 Å². The third-order valence-electron chi connectivity index (χ3n) is 3.54. The van der Waals surface area contributed by atoms with Crippen molar-refractivity contribution in [2.24, 2.45) is 0 Å². The van der Waals surface area contributed by atoms with Crippen LogP contribution >= 0.6 is 58.8 Å². The van der Waals surface area contributed by atoms with Gasteiger partial charge in [0.15, 0.2) is 5.11 Å². The quantitative estimate of drug-likeness (QED) is 0.337. The summed E-state index contributed by atoms with van der Waals surface area (Å²) in [5.41, 5.74) is 0. The number of thioether (sulfide) groups is 1. The number of carboxylic acids is 1. The first-order valence-corrected chi connectivity index (χ1v) is 9.29. The molecule has 13 heteroatoms. The maximum atomic E-state index is 12.3. The molecule has 25 heavy (non-hydrogen) atoms. The summed E-state index contributed by atoms with van der Waals surface area (Å²) < 4.78 is 2.25. The molecule has 2 saturated heterocycles. The van der Waals surface area contributed by atoms with Crippen molar-refractivity contribution in [3.05, 3.63) is 0 Å². The lowest BCUT2D eigenvalue weighted by Crippen LogP contribution is -2.71. The molecule has 2 heterocycles. The first kappa shape index (κ1) is 20.6. The molecule has 8 nitrogen and oxygen atoms in total. The van der Waals surface area contributed by atoms with Gasteiger partial charge in [-0.1, -0.05) is 34.8 Å². The molecule has 2 rings (SSSR count). The Morgan fingerprint density at radius 3 is 2.56 bits per heavy atom. The van der Waals surface area contributed by atoms with E-state index >= 15 is 0 Å². The summed E-state index contributed by atoms with van der Waals surface area (Å²) in [6, 6.07) is -1.67. The van der Waals surface area contributed by atoms with E-state index in [4.69, 9.17) is 47.0 Å². The number of alkyl carbamates (subject to hydrolysis) is 1. The summed E-state index contributed by atoms with van der Waals surface area (Å²) >= 11 is 22.6. The molecule has 2 fully saturated rings. The maximum Gasteiger partial charge on any atom is 0.413 e. The van der Waals surface area contributed by atoms with E-state index in [1.807, 2.05) is 0 Å². The first-order valence-electron chi connectivity index (χ1n) is 6.87. The second-order valence-electron chi connectivity index (χ2n) is 5.87. The molecule has 0 aromatic rings. The Balaban J connectivity index is 1.90. The highest BCUT2D eigenvalue weighted by molar-refractivity contribution is 8.01. The van der Waals surface area contributed by atoms with Gasteiger partial charge >= 0.3 is 12.1 Å². The van der Waals surface area contributed by atoms with Crippen molar-refractivity contribution in [1.82, 2.24) is 15.5 Å². The second kappa shape index (κ2) is 7.15. The van der Waals surface area contributed by atoms with Crippen molar-refractivity contribution in [3.8, 4) is 0 Å². The van der Waals surface area contributed by atoms with Gasteiger partial charge in [0.05, 0.1) is 0 Å². The number of carboxylic acid groups (broad SMARTS) is 1. The molecule has 0 aliphatic carbocycles. The molecule has 2 aliphatic heterocycles. The fraction of sp³-hybridized carbons (Fsp3) is 0.667. The molecule has 3 atom stereocenters. The molecule has 0 saturated carbocycles. The third-order valence-corrected chi connectivity index (χ3v) is 5.66. The molecular formula is C12H14Cl3N3O5S2. The molecule has 3 N–H and O–H groups in total. The molecular weight excluding hydrogens is 437 g/mol. The van der Waals surface area contributed by atoms with Gasteiger partial charge in [0.25, 0.3) is 0 Å². The number of alkyl halides is 3. The summed E-state index contributed by atoms with van der Waals surface area (Å²) in [5.74, 6) is -1.47. The number of carbonyl (C=O) groups excluding carboxylic acids is 2. The van der Waals surface area contributed by atoms with E-state index in [0.717, 1.165) is 0 Å². The van der Waals surface area contributed by atoms with Crippen LogP contribution < -0.4 is 10.6 Å². The number of carbonyl (C=O) groups is 3. The van der Waals surface area contributed by atoms with Crippen molar-refractivity contribution >= 4 is 81.9 Å². The van der Waals surface area contributed by atoms with Crippen LogP contribution in [0.25, 0.3) is 0 Å². The SMILES string of the molecule is CC1(C)S[C@@H]2[C@H](NC(=S)NC(=O)OCC(Cl)(Cl)Cl)C(=O)N2[C@H]1C(=O)O. The number of nitrogens with zero attached hydrogens (tertiary/aromatic N) is 1. The van der Waals surface area contributed by atoms with Crippen molar-refractivity contribution < 1.29 is 24.2 Å². The van der Waals surface area contributed by atoms with Gasteiger partial charge in [-0.05, 0) is 26.1 Å². The summed E-state index contributed by atoms with van der Waals surface area (Å²) in [5, 5.41) is 13.7. The van der Waals surface area contributed by atoms with Gasteiger partial charge in [-0.25, -0.2) is 9.59 Å². The number of ether oxygens (including phenoxy) is 1. The lowest BCUT2D eigenvalue weighted by molar-refractivity contribution is -0.159. The number of β-lactam (4-membered cyclic amide) rings is 1. The summed E-state index contributed by atoms with van der Waals surface area (Å²) in [6.45, 7) is 3.03. The second-order valence-corrected chi connectivity index (χ2v) is 10.6. The van der Waals surface area contributed by atoms with E-state index in [2.05, 4.69) is 15.4 Å². The highest BCUT2D eigenvalue weighted by Gasteiger charge is 2.64. The zero-order chi connectivity index (χ0) is 19.2. The largest absolute Gasteiger partial charge is 0.480 e. The minimum atomic E-state index is -1.76. The highest BCUT2D eigenvalue weighted by atomic mass is 35.6. The van der Waals surface area contributed by atoms with Crippen molar-refractivity contribution in [3.63, 3.8) is 0 Å². The normalized spacial score (nSPS) is 27.2. The van der Waals surface area contributed by atoms with Crippen molar-refractivity contribution in [2.45, 2.75) is 39.8 Å². The maximum absolute atomic E-state index is 12.3. The zero-order valence-corrected chi connectivity index (χ0v) is 16.8. The van der Waals surface area contributed by atoms with E-state index in [-0.39, 0.29) is 5.11 Å². The number of nitrogens with one attached hydrogen (secondary N) is 2. The van der Waals surface area contributed by atoms with Crippen LogP contribution in [-0.4, -0.2) is 65.7 Å². The smallest absolute Gasteiger partial charge is 0.413 e. The molecule has 0 radical (unpaired) electrons. The summed E-state index contributed by atoms with van der Waals surface area (Å²) in [4.78, 5) is 36.5. The molecule has 0 bridgehead atoms. The van der Waals surface area contributed by atoms with Crippen LogP contribution in [-0.2, 0) is 14.3 Å². The molecule has 2 aliphatic rings. The van der Waals surface area contributed by atoms with Gasteiger partial charge < -0.3 is 20.1 Å². The van der Waals surface area contributed by atoms with Crippen LogP contribution in [0.3, 0.4) is 0 Å².